The Morgan fingerprint density at radius 1 is 1.70 bits per heavy atom. The number of hydroxylamine groups is 1. The molecule has 10 heavy (non-hydrogen) atoms. The zero-order valence-electron chi connectivity index (χ0n) is 6.06. The Morgan fingerprint density at radius 3 is 2.60 bits per heavy atom. The molecule has 1 atom stereocenters. The van der Waals surface area contributed by atoms with Crippen molar-refractivity contribution in [1.29, 1.82) is 0 Å². The highest BCUT2D eigenvalue weighted by molar-refractivity contribution is 14.1. The predicted molar refractivity (Wildman–Crippen MR) is 47.4 cm³/mol. The maximum absolute atomic E-state index is 10.2. The van der Waals surface area contributed by atoms with Crippen LogP contribution in [-0.2, 0) is 9.63 Å². The van der Waals surface area contributed by atoms with Crippen LogP contribution in [0.3, 0.4) is 0 Å². The molecule has 4 heteroatoms. The molecular formula is C6H11INO2. The molecule has 1 N–H and O–H groups in total. The maximum atomic E-state index is 10.2. The van der Waals surface area contributed by atoms with E-state index in [-0.39, 0.29) is 12.0 Å². The monoisotopic (exact) mass is 256 g/mol. The minimum Gasteiger partial charge on any atom is -0.291 e. The van der Waals surface area contributed by atoms with Gasteiger partial charge in [-0.2, -0.15) is 5.48 Å². The highest BCUT2D eigenvalue weighted by Crippen LogP contribution is 1.97. The molecule has 0 spiro atoms. The quantitative estimate of drug-likeness (QED) is 0.453. The van der Waals surface area contributed by atoms with Gasteiger partial charge < -0.3 is 0 Å². The Balaban J connectivity index is 3.50. The van der Waals surface area contributed by atoms with Gasteiger partial charge in [-0.25, -0.2) is 0 Å². The summed E-state index contributed by atoms with van der Waals surface area (Å²) in [6.45, 7) is 3.86. The van der Waals surface area contributed by atoms with Crippen molar-refractivity contribution in [2.75, 3.05) is 4.61 Å². The first-order valence-corrected chi connectivity index (χ1v) is 4.56. The van der Waals surface area contributed by atoms with E-state index in [1.807, 2.05) is 42.7 Å². The Morgan fingerprint density at radius 2 is 2.30 bits per heavy atom. The zero-order valence-corrected chi connectivity index (χ0v) is 8.21. The number of carbonyl (C=O) groups excluding carboxylic acids is 1. The fourth-order valence-electron chi connectivity index (χ4n) is 0.417. The number of rotatable bonds is 5. The van der Waals surface area contributed by atoms with Gasteiger partial charge in [-0.1, -0.05) is 36.4 Å². The molecule has 0 aliphatic carbocycles. The largest absolute Gasteiger partial charge is 0.291 e. The van der Waals surface area contributed by atoms with Crippen molar-refractivity contribution in [2.24, 2.45) is 5.92 Å². The van der Waals surface area contributed by atoms with Gasteiger partial charge in [-0.05, 0) is 5.92 Å². The Hall–Kier alpha value is 0.320. The maximum Gasteiger partial charge on any atom is 0.219 e. The second-order valence-electron chi connectivity index (χ2n) is 2.21. The molecule has 59 valence electrons. The van der Waals surface area contributed by atoms with Crippen molar-refractivity contribution in [1.82, 2.24) is 5.48 Å². The Labute approximate surface area is 74.6 Å². The van der Waals surface area contributed by atoms with Gasteiger partial charge in [0.05, 0.1) is 0 Å². The van der Waals surface area contributed by atoms with Gasteiger partial charge in [0.15, 0.2) is 0 Å². The average molecular weight is 256 g/mol. The fraction of sp³-hybridized carbons (Fsp3) is 0.833. The summed E-state index contributed by atoms with van der Waals surface area (Å²) in [5.41, 5.74) is 2.59. The second kappa shape index (κ2) is 6.06. The number of nitrogens with one attached hydrogen (secondary N) is 1. The van der Waals surface area contributed by atoms with E-state index in [0.717, 1.165) is 0 Å². The molecule has 0 aliphatic heterocycles. The molecule has 0 rings (SSSR count). The van der Waals surface area contributed by atoms with Crippen LogP contribution < -0.4 is 5.48 Å². The molecular weight excluding hydrogens is 245 g/mol. The van der Waals surface area contributed by atoms with Crippen molar-refractivity contribution in [2.45, 2.75) is 19.9 Å². The van der Waals surface area contributed by atoms with E-state index in [4.69, 9.17) is 4.84 Å². The van der Waals surface area contributed by atoms with Gasteiger partial charge in [0, 0.05) is 0 Å². The third-order valence-corrected chi connectivity index (χ3v) is 1.37. The second-order valence-corrected chi connectivity index (χ2v) is 2.83. The molecule has 0 amide bonds. The van der Waals surface area contributed by atoms with E-state index in [1.54, 1.807) is 0 Å². The topological polar surface area (TPSA) is 38.3 Å². The molecule has 0 saturated carbocycles. The van der Waals surface area contributed by atoms with Crippen LogP contribution in [-0.4, -0.2) is 16.9 Å². The lowest BCUT2D eigenvalue weighted by atomic mass is 10.1. The molecule has 0 fully saturated rings. The van der Waals surface area contributed by atoms with Crippen LogP contribution in [0.4, 0.5) is 0 Å². The van der Waals surface area contributed by atoms with Crippen LogP contribution in [0.2, 0.25) is 0 Å². The van der Waals surface area contributed by atoms with E-state index in [2.05, 4.69) is 5.48 Å². The van der Waals surface area contributed by atoms with Gasteiger partial charge in [-0.3, -0.25) is 9.63 Å². The summed E-state index contributed by atoms with van der Waals surface area (Å²) < 4.78 is 0.530. The third kappa shape index (κ3) is 4.19. The molecule has 0 bridgehead atoms. The summed E-state index contributed by atoms with van der Waals surface area (Å²) in [6, 6.07) is -0.310. The van der Waals surface area contributed by atoms with E-state index in [0.29, 0.717) is 4.61 Å². The predicted octanol–water partition coefficient (Wildman–Crippen LogP) is 1.03. The van der Waals surface area contributed by atoms with E-state index < -0.39 is 0 Å². The summed E-state index contributed by atoms with van der Waals surface area (Å²) in [4.78, 5) is 15.0. The lowest BCUT2D eigenvalue weighted by Crippen LogP contribution is -2.34. The first-order chi connectivity index (χ1) is 4.72. The molecule has 0 unspecified atom stereocenters. The summed E-state index contributed by atoms with van der Waals surface area (Å²) in [5, 5.41) is 0. The van der Waals surface area contributed by atoms with Crippen molar-refractivity contribution in [3.8, 4) is 0 Å². The molecule has 0 heterocycles. The summed E-state index contributed by atoms with van der Waals surface area (Å²) in [5.74, 6) is 0.223. The van der Waals surface area contributed by atoms with Crippen LogP contribution >= 0.6 is 22.6 Å². The van der Waals surface area contributed by atoms with E-state index in [9.17, 15) is 4.79 Å². The lowest BCUT2D eigenvalue weighted by Gasteiger charge is -2.13. The van der Waals surface area contributed by atoms with Gasteiger partial charge in [0.25, 0.3) is 0 Å². The van der Waals surface area contributed by atoms with Crippen molar-refractivity contribution >= 4 is 28.9 Å². The highest BCUT2D eigenvalue weighted by Gasteiger charge is 2.11. The minimum absolute atomic E-state index is 0.223. The number of hydrogen-bond donors (Lipinski definition) is 1. The van der Waals surface area contributed by atoms with Crippen LogP contribution in [0.1, 0.15) is 13.8 Å². The first kappa shape index (κ1) is 10.3. The first-order valence-electron chi connectivity index (χ1n) is 3.03. The number of hydrogen-bond acceptors (Lipinski definition) is 3. The van der Waals surface area contributed by atoms with Crippen molar-refractivity contribution < 1.29 is 9.63 Å². The average Bonchev–Trinajstić information content (AvgIpc) is 1.89. The lowest BCUT2D eigenvalue weighted by molar-refractivity contribution is 0.0605. The fourth-order valence-corrected chi connectivity index (χ4v) is 0.597. The van der Waals surface area contributed by atoms with Crippen molar-refractivity contribution in [3.63, 3.8) is 0 Å². The molecule has 0 saturated heterocycles. The molecule has 0 aliphatic rings. The normalized spacial score (nSPS) is 13.6. The van der Waals surface area contributed by atoms with E-state index in [1.165, 1.54) is 0 Å². The molecule has 0 aromatic heterocycles. The molecule has 0 aromatic carbocycles. The third-order valence-electron chi connectivity index (χ3n) is 1.06. The van der Waals surface area contributed by atoms with Crippen LogP contribution in [0.25, 0.3) is 0 Å². The van der Waals surface area contributed by atoms with Crippen LogP contribution in [0.15, 0.2) is 0 Å². The zero-order chi connectivity index (χ0) is 7.98. The van der Waals surface area contributed by atoms with Gasteiger partial charge >= 0.3 is 0 Å². The van der Waals surface area contributed by atoms with Crippen LogP contribution in [0.5, 0.6) is 0 Å². The molecule has 3 nitrogen and oxygen atoms in total. The number of halogens is 1. The summed E-state index contributed by atoms with van der Waals surface area (Å²) in [6.07, 6.45) is 1.85. The van der Waals surface area contributed by atoms with E-state index >= 15 is 0 Å². The van der Waals surface area contributed by atoms with Gasteiger partial charge in [0.1, 0.15) is 10.7 Å². The Kier molecular flexibility index (Phi) is 6.25. The number of alkyl halides is 1. The minimum atomic E-state index is -0.310. The van der Waals surface area contributed by atoms with Gasteiger partial charge in [0.2, 0.25) is 6.29 Å². The standard InChI is InChI=1S/C6H11INO2/c1-5(2)6(3-9)8-10-4-7/h5-6,8H,4H2,1-2H3/t6-/m1/s1. The summed E-state index contributed by atoms with van der Waals surface area (Å²) >= 11 is 2.05. The van der Waals surface area contributed by atoms with Crippen molar-refractivity contribution in [3.05, 3.63) is 0 Å². The molecule has 0 aromatic rings. The summed E-state index contributed by atoms with van der Waals surface area (Å²) in [7, 11) is 0. The Bertz CT molecular complexity index is 97.7. The SMILES string of the molecule is CC(C)[C@@H]([C]=O)NOCI. The highest BCUT2D eigenvalue weighted by atomic mass is 127. The molecule has 1 radical (unpaired) electrons. The van der Waals surface area contributed by atoms with Crippen LogP contribution in [0, 0.1) is 5.92 Å². The smallest absolute Gasteiger partial charge is 0.219 e. The van der Waals surface area contributed by atoms with Gasteiger partial charge in [-0.15, -0.1) is 0 Å².